The topological polar surface area (TPSA) is 102 Å². The summed E-state index contributed by atoms with van der Waals surface area (Å²) < 4.78 is 26.1. The van der Waals surface area contributed by atoms with Gasteiger partial charge in [0.1, 0.15) is 17.4 Å². The second-order valence-electron chi connectivity index (χ2n) is 10.5. The highest BCUT2D eigenvalue weighted by molar-refractivity contribution is 7.90. The average Bonchev–Trinajstić information content (AvgIpc) is 3.53. The van der Waals surface area contributed by atoms with Crippen molar-refractivity contribution in [1.82, 2.24) is 20.3 Å². The van der Waals surface area contributed by atoms with E-state index >= 15 is 0 Å². The van der Waals surface area contributed by atoms with Crippen LogP contribution >= 0.6 is 0 Å². The van der Waals surface area contributed by atoms with Gasteiger partial charge in [-0.05, 0) is 72.5 Å². The van der Waals surface area contributed by atoms with E-state index in [2.05, 4.69) is 26.3 Å². The van der Waals surface area contributed by atoms with Crippen LogP contribution in [0, 0.1) is 12.8 Å². The molecule has 0 radical (unpaired) electrons. The molecular formula is C30H30N4O3S. The normalized spacial score (nSPS) is 21.0. The molecule has 2 aromatic heterocycles. The fourth-order valence-electron chi connectivity index (χ4n) is 5.51. The Morgan fingerprint density at radius 3 is 2.71 bits per heavy atom. The molecule has 1 aliphatic heterocycles. The minimum atomic E-state index is -3.58. The zero-order chi connectivity index (χ0) is 26.3. The molecule has 8 heteroatoms. The molecule has 1 unspecified atom stereocenters. The molecule has 194 valence electrons. The van der Waals surface area contributed by atoms with Gasteiger partial charge in [-0.2, -0.15) is 0 Å². The van der Waals surface area contributed by atoms with Gasteiger partial charge in [-0.15, -0.1) is 0 Å². The number of carbonyl (C=O) groups is 1. The molecule has 1 saturated heterocycles. The molecule has 3 atom stereocenters. The number of hydrogen-bond acceptors (Lipinski definition) is 7. The van der Waals surface area contributed by atoms with Crippen molar-refractivity contribution < 1.29 is 13.2 Å². The van der Waals surface area contributed by atoms with E-state index in [1.807, 2.05) is 49.6 Å². The van der Waals surface area contributed by atoms with E-state index in [-0.39, 0.29) is 28.3 Å². The highest BCUT2D eigenvalue weighted by Crippen LogP contribution is 2.48. The first-order chi connectivity index (χ1) is 18.4. The van der Waals surface area contributed by atoms with E-state index in [1.54, 1.807) is 18.3 Å². The van der Waals surface area contributed by atoms with Gasteiger partial charge in [-0.3, -0.25) is 9.78 Å². The van der Waals surface area contributed by atoms with Crippen molar-refractivity contribution in [1.29, 1.82) is 0 Å². The summed E-state index contributed by atoms with van der Waals surface area (Å²) in [5, 5.41) is 5.51. The Morgan fingerprint density at radius 2 is 1.92 bits per heavy atom. The van der Waals surface area contributed by atoms with Gasteiger partial charge in [0, 0.05) is 54.5 Å². The first-order valence-electron chi connectivity index (χ1n) is 13.1. The van der Waals surface area contributed by atoms with Crippen molar-refractivity contribution in [3.05, 3.63) is 95.3 Å². The molecule has 7 nitrogen and oxygen atoms in total. The van der Waals surface area contributed by atoms with Crippen molar-refractivity contribution in [2.24, 2.45) is 5.92 Å². The third-order valence-corrected chi connectivity index (χ3v) is 9.43. The number of ketones is 1. The van der Waals surface area contributed by atoms with Gasteiger partial charge in [0.2, 0.25) is 0 Å². The van der Waals surface area contributed by atoms with Crippen LogP contribution in [0.3, 0.4) is 0 Å². The van der Waals surface area contributed by atoms with E-state index in [4.69, 9.17) is 0 Å². The van der Waals surface area contributed by atoms with Crippen molar-refractivity contribution in [2.75, 3.05) is 13.1 Å². The van der Waals surface area contributed by atoms with Crippen LogP contribution in [0.2, 0.25) is 0 Å². The van der Waals surface area contributed by atoms with Crippen LogP contribution < -0.4 is 5.32 Å². The number of pyridine rings is 1. The van der Waals surface area contributed by atoms with Crippen LogP contribution in [0.15, 0.2) is 72.0 Å². The number of nitrogens with zero attached hydrogens (tertiary/aromatic N) is 3. The number of Topliss-reactive ketones (excluding diaryl/α,β-unsaturated/α-hetero) is 1. The molecular weight excluding hydrogens is 496 g/mol. The maximum Gasteiger partial charge on any atom is 0.185 e. The predicted molar refractivity (Wildman–Crippen MR) is 146 cm³/mol. The molecule has 0 bridgehead atoms. The van der Waals surface area contributed by atoms with E-state index < -0.39 is 9.84 Å². The molecule has 4 aromatic rings. The first-order valence-corrected chi connectivity index (χ1v) is 14.7. The Bertz CT molecular complexity index is 1610. The highest BCUT2D eigenvalue weighted by Gasteiger charge is 2.43. The van der Waals surface area contributed by atoms with Gasteiger partial charge in [0.15, 0.2) is 9.84 Å². The van der Waals surface area contributed by atoms with Gasteiger partial charge in [-0.1, -0.05) is 30.3 Å². The molecule has 0 amide bonds. The lowest BCUT2D eigenvalue weighted by Crippen LogP contribution is -2.12. The van der Waals surface area contributed by atoms with Gasteiger partial charge in [-0.25, -0.2) is 18.4 Å². The first kappa shape index (κ1) is 24.8. The summed E-state index contributed by atoms with van der Waals surface area (Å²) in [6.45, 7) is 3.83. The van der Waals surface area contributed by atoms with Crippen molar-refractivity contribution >= 4 is 26.4 Å². The summed E-state index contributed by atoms with van der Waals surface area (Å²) >= 11 is 0. The number of nitrogens with one attached hydrogen (secondary N) is 1. The smallest absolute Gasteiger partial charge is 0.185 e. The summed E-state index contributed by atoms with van der Waals surface area (Å²) in [5.41, 5.74) is 4.02. The van der Waals surface area contributed by atoms with Crippen molar-refractivity contribution in [3.63, 3.8) is 0 Å². The van der Waals surface area contributed by atoms with E-state index in [1.165, 1.54) is 0 Å². The second kappa shape index (κ2) is 10.0. The predicted octanol–water partition coefficient (Wildman–Crippen LogP) is 4.30. The Balaban J connectivity index is 1.10. The lowest BCUT2D eigenvalue weighted by Gasteiger charge is -2.10. The fourth-order valence-corrected chi connectivity index (χ4v) is 6.71. The fraction of sp³-hybridized carbons (Fsp3) is 0.333. The largest absolute Gasteiger partial charge is 0.316 e. The lowest BCUT2D eigenvalue weighted by molar-refractivity contribution is -0.119. The summed E-state index contributed by atoms with van der Waals surface area (Å²) in [6.07, 6.45) is 7.53. The third-order valence-electron chi connectivity index (χ3n) is 7.80. The second-order valence-corrected chi connectivity index (χ2v) is 12.5. The molecule has 2 aromatic carbocycles. The molecule has 38 heavy (non-hydrogen) atoms. The monoisotopic (exact) mass is 526 g/mol. The zero-order valence-corrected chi connectivity index (χ0v) is 22.1. The number of carbonyl (C=O) groups excluding carboxylic acids is 1. The molecule has 6 rings (SSSR count). The number of benzene rings is 2. The summed E-state index contributed by atoms with van der Waals surface area (Å²) in [4.78, 5) is 26.2. The number of sulfone groups is 1. The van der Waals surface area contributed by atoms with Crippen LogP contribution in [-0.2, 0) is 26.8 Å². The van der Waals surface area contributed by atoms with Crippen LogP contribution in [0.1, 0.15) is 52.9 Å². The maximum atomic E-state index is 13.1. The number of fused-ring (bicyclic) bond motifs is 1. The molecule has 2 fully saturated rings. The summed E-state index contributed by atoms with van der Waals surface area (Å²) in [7, 11) is -3.58. The SMILES string of the molecule is Cc1cncc2ccc(CC(=O)[C@@H]3C[C@H]3c3ccc(S(=O)(=O)Cc4nccc(C5CCNC5)n4)cc3)cc12. The Labute approximate surface area is 222 Å². The quantitative estimate of drug-likeness (QED) is 0.365. The van der Waals surface area contributed by atoms with Gasteiger partial charge in [0.05, 0.1) is 4.90 Å². The van der Waals surface area contributed by atoms with Crippen LogP contribution in [0.25, 0.3) is 10.8 Å². The molecule has 0 spiro atoms. The Morgan fingerprint density at radius 1 is 1.08 bits per heavy atom. The minimum absolute atomic E-state index is 0.0205. The lowest BCUT2D eigenvalue weighted by atomic mass is 9.99. The molecule has 1 N–H and O–H groups in total. The average molecular weight is 527 g/mol. The van der Waals surface area contributed by atoms with Crippen LogP contribution in [0.4, 0.5) is 0 Å². The highest BCUT2D eigenvalue weighted by atomic mass is 32.2. The number of aromatic nitrogens is 3. The van der Waals surface area contributed by atoms with Crippen LogP contribution in [-0.4, -0.2) is 42.2 Å². The maximum absolute atomic E-state index is 13.1. The summed E-state index contributed by atoms with van der Waals surface area (Å²) in [6, 6.07) is 15.0. The van der Waals surface area contributed by atoms with E-state index in [0.717, 1.165) is 59.1 Å². The zero-order valence-electron chi connectivity index (χ0n) is 21.3. The van der Waals surface area contributed by atoms with Crippen molar-refractivity contribution in [2.45, 2.75) is 48.7 Å². The molecule has 2 aliphatic rings. The van der Waals surface area contributed by atoms with Gasteiger partial charge in [0.25, 0.3) is 0 Å². The molecule has 1 saturated carbocycles. The van der Waals surface area contributed by atoms with Gasteiger partial charge >= 0.3 is 0 Å². The molecule has 3 heterocycles. The minimum Gasteiger partial charge on any atom is -0.316 e. The summed E-state index contributed by atoms with van der Waals surface area (Å²) in [5.74, 6) is 0.750. The standard InChI is InChI=1S/C30H30N4O3S/c1-19-15-32-16-22-3-2-20(12-25(19)22)13-29(35)27-14-26(27)21-4-6-24(7-5-21)38(36,37)18-30-33-11-9-28(34-30)23-8-10-31-17-23/h2-7,9,11-12,15-16,23,26-27,31H,8,10,13-14,17-18H2,1H3/t23?,26-,27+/m0/s1. The van der Waals surface area contributed by atoms with Crippen LogP contribution in [0.5, 0.6) is 0 Å². The Kier molecular flexibility index (Phi) is 6.53. The number of aryl methyl sites for hydroxylation is 1. The number of rotatable bonds is 8. The molecule has 1 aliphatic carbocycles. The Hall–Kier alpha value is -3.49. The van der Waals surface area contributed by atoms with E-state index in [0.29, 0.717) is 18.2 Å². The number of hydrogen-bond donors (Lipinski definition) is 1. The third kappa shape index (κ3) is 5.11. The van der Waals surface area contributed by atoms with Crippen molar-refractivity contribution in [3.8, 4) is 0 Å². The van der Waals surface area contributed by atoms with Gasteiger partial charge < -0.3 is 5.32 Å². The van der Waals surface area contributed by atoms with E-state index in [9.17, 15) is 13.2 Å².